The van der Waals surface area contributed by atoms with Crippen molar-refractivity contribution >= 4 is 5.95 Å². The molecule has 1 heterocycles. The molecule has 80 valence electrons. The normalized spacial score (nSPS) is 12.4. The SMILES string of the molecule is CC(C)Cn1c(C(F)(F)F)cnc1N. The lowest BCUT2D eigenvalue weighted by molar-refractivity contribution is -0.143. The van der Waals surface area contributed by atoms with E-state index >= 15 is 0 Å². The average Bonchev–Trinajstić information content (AvgIpc) is 2.30. The Morgan fingerprint density at radius 2 is 2.07 bits per heavy atom. The molecular formula is C8H12F3N3. The second-order valence-electron chi connectivity index (χ2n) is 3.50. The summed E-state index contributed by atoms with van der Waals surface area (Å²) < 4.78 is 38.2. The molecule has 0 saturated carbocycles. The maximum Gasteiger partial charge on any atom is 0.433 e. The van der Waals surface area contributed by atoms with Crippen LogP contribution in [0.2, 0.25) is 0 Å². The lowest BCUT2D eigenvalue weighted by Gasteiger charge is -2.13. The van der Waals surface area contributed by atoms with E-state index in [4.69, 9.17) is 5.73 Å². The minimum absolute atomic E-state index is 0.0904. The van der Waals surface area contributed by atoms with Crippen molar-refractivity contribution in [3.63, 3.8) is 0 Å². The molecule has 0 spiro atoms. The number of rotatable bonds is 2. The Kier molecular flexibility index (Phi) is 2.73. The number of nitrogens with zero attached hydrogens (tertiary/aromatic N) is 2. The van der Waals surface area contributed by atoms with Crippen molar-refractivity contribution in [3.05, 3.63) is 11.9 Å². The van der Waals surface area contributed by atoms with Gasteiger partial charge in [0, 0.05) is 6.54 Å². The number of halogens is 3. The fourth-order valence-electron chi connectivity index (χ4n) is 1.17. The second kappa shape index (κ2) is 3.51. The van der Waals surface area contributed by atoms with E-state index in [1.165, 1.54) is 0 Å². The summed E-state index contributed by atoms with van der Waals surface area (Å²) >= 11 is 0. The Labute approximate surface area is 79.7 Å². The minimum Gasteiger partial charge on any atom is -0.369 e. The zero-order chi connectivity index (χ0) is 10.9. The van der Waals surface area contributed by atoms with Crippen molar-refractivity contribution in [3.8, 4) is 0 Å². The Morgan fingerprint density at radius 1 is 1.50 bits per heavy atom. The molecule has 1 rings (SSSR count). The van der Waals surface area contributed by atoms with Gasteiger partial charge in [-0.15, -0.1) is 0 Å². The van der Waals surface area contributed by atoms with Gasteiger partial charge in [0.15, 0.2) is 0 Å². The number of anilines is 1. The van der Waals surface area contributed by atoms with Crippen LogP contribution < -0.4 is 5.73 Å². The van der Waals surface area contributed by atoms with Gasteiger partial charge in [0.25, 0.3) is 0 Å². The number of alkyl halides is 3. The van der Waals surface area contributed by atoms with E-state index in [-0.39, 0.29) is 18.4 Å². The van der Waals surface area contributed by atoms with E-state index in [2.05, 4.69) is 4.98 Å². The van der Waals surface area contributed by atoms with Crippen LogP contribution in [0.5, 0.6) is 0 Å². The highest BCUT2D eigenvalue weighted by Crippen LogP contribution is 2.30. The van der Waals surface area contributed by atoms with Gasteiger partial charge in [-0.25, -0.2) is 4.98 Å². The van der Waals surface area contributed by atoms with Crippen LogP contribution in [-0.4, -0.2) is 9.55 Å². The molecule has 0 aliphatic rings. The molecule has 3 nitrogen and oxygen atoms in total. The number of imidazole rings is 1. The Morgan fingerprint density at radius 3 is 2.50 bits per heavy atom. The molecule has 1 aromatic rings. The second-order valence-corrected chi connectivity index (χ2v) is 3.50. The van der Waals surface area contributed by atoms with Gasteiger partial charge < -0.3 is 10.3 Å². The molecule has 0 aliphatic carbocycles. The summed E-state index contributed by atoms with van der Waals surface area (Å²) in [5, 5.41) is 0. The molecule has 0 aliphatic heterocycles. The minimum atomic E-state index is -4.39. The largest absolute Gasteiger partial charge is 0.433 e. The van der Waals surface area contributed by atoms with E-state index in [0.717, 1.165) is 10.8 Å². The molecule has 0 bridgehead atoms. The Hall–Kier alpha value is -1.20. The maximum absolute atomic E-state index is 12.4. The van der Waals surface area contributed by atoms with Gasteiger partial charge in [-0.1, -0.05) is 13.8 Å². The number of aromatic nitrogens is 2. The Balaban J connectivity index is 3.06. The predicted molar refractivity (Wildman–Crippen MR) is 46.5 cm³/mol. The van der Waals surface area contributed by atoms with Crippen molar-refractivity contribution < 1.29 is 13.2 Å². The van der Waals surface area contributed by atoms with Crippen LogP contribution in [0.4, 0.5) is 19.1 Å². The molecule has 1 aromatic heterocycles. The lowest BCUT2D eigenvalue weighted by atomic mass is 10.2. The van der Waals surface area contributed by atoms with Crippen LogP contribution in [0, 0.1) is 5.92 Å². The van der Waals surface area contributed by atoms with Gasteiger partial charge in [0.1, 0.15) is 5.69 Å². The van der Waals surface area contributed by atoms with Gasteiger partial charge in [0.05, 0.1) is 6.20 Å². The summed E-state index contributed by atoms with van der Waals surface area (Å²) in [7, 11) is 0. The number of hydrogen-bond donors (Lipinski definition) is 1. The van der Waals surface area contributed by atoms with Crippen LogP contribution in [0.3, 0.4) is 0 Å². The summed E-state index contributed by atoms with van der Waals surface area (Å²) in [4.78, 5) is 3.46. The molecule has 0 aromatic carbocycles. The molecular weight excluding hydrogens is 195 g/mol. The first-order valence-electron chi connectivity index (χ1n) is 4.20. The number of nitrogen functional groups attached to an aromatic ring is 1. The predicted octanol–water partition coefficient (Wildman–Crippen LogP) is 2.14. The summed E-state index contributed by atoms with van der Waals surface area (Å²) in [6, 6.07) is 0. The van der Waals surface area contributed by atoms with Crippen LogP contribution in [-0.2, 0) is 12.7 Å². The third-order valence-corrected chi connectivity index (χ3v) is 1.72. The van der Waals surface area contributed by atoms with Gasteiger partial charge in [0.2, 0.25) is 5.95 Å². The number of nitrogens with two attached hydrogens (primary N) is 1. The van der Waals surface area contributed by atoms with Crippen molar-refractivity contribution in [2.24, 2.45) is 5.92 Å². The van der Waals surface area contributed by atoms with E-state index < -0.39 is 11.9 Å². The van der Waals surface area contributed by atoms with E-state index in [0.29, 0.717) is 0 Å². The molecule has 2 N–H and O–H groups in total. The molecule has 0 saturated heterocycles. The summed E-state index contributed by atoms with van der Waals surface area (Å²) in [6.45, 7) is 3.86. The van der Waals surface area contributed by atoms with Gasteiger partial charge >= 0.3 is 6.18 Å². The van der Waals surface area contributed by atoms with Crippen molar-refractivity contribution in [2.45, 2.75) is 26.6 Å². The first-order valence-corrected chi connectivity index (χ1v) is 4.20. The molecule has 0 radical (unpaired) electrons. The molecule has 0 fully saturated rings. The van der Waals surface area contributed by atoms with E-state index in [9.17, 15) is 13.2 Å². The molecule has 0 unspecified atom stereocenters. The zero-order valence-electron chi connectivity index (χ0n) is 7.97. The standard InChI is InChI=1S/C8H12F3N3/c1-5(2)4-14-6(8(9,10)11)3-13-7(14)12/h3,5H,4H2,1-2H3,(H2,12,13). The molecule has 6 heteroatoms. The number of hydrogen-bond acceptors (Lipinski definition) is 2. The fraction of sp³-hybridized carbons (Fsp3) is 0.625. The average molecular weight is 207 g/mol. The van der Waals surface area contributed by atoms with Crippen LogP contribution in [0.15, 0.2) is 6.20 Å². The summed E-state index contributed by atoms with van der Waals surface area (Å²) in [6.07, 6.45) is -3.63. The third-order valence-electron chi connectivity index (χ3n) is 1.72. The van der Waals surface area contributed by atoms with Crippen LogP contribution in [0.1, 0.15) is 19.5 Å². The lowest BCUT2D eigenvalue weighted by Crippen LogP contribution is -2.17. The first-order chi connectivity index (χ1) is 6.32. The maximum atomic E-state index is 12.4. The smallest absolute Gasteiger partial charge is 0.369 e. The van der Waals surface area contributed by atoms with Gasteiger partial charge in [-0.2, -0.15) is 13.2 Å². The first kappa shape index (κ1) is 10.9. The fourth-order valence-corrected chi connectivity index (χ4v) is 1.17. The molecule has 0 amide bonds. The molecule has 14 heavy (non-hydrogen) atoms. The highest BCUT2D eigenvalue weighted by atomic mass is 19.4. The summed E-state index contributed by atoms with van der Waals surface area (Å²) in [5.41, 5.74) is 4.55. The zero-order valence-corrected chi connectivity index (χ0v) is 7.97. The van der Waals surface area contributed by atoms with Crippen LogP contribution in [0.25, 0.3) is 0 Å². The third kappa shape index (κ3) is 2.18. The van der Waals surface area contributed by atoms with E-state index in [1.54, 1.807) is 0 Å². The highest BCUT2D eigenvalue weighted by molar-refractivity contribution is 5.24. The molecule has 0 atom stereocenters. The van der Waals surface area contributed by atoms with Crippen molar-refractivity contribution in [2.75, 3.05) is 5.73 Å². The Bertz CT molecular complexity index is 314. The van der Waals surface area contributed by atoms with Crippen molar-refractivity contribution in [1.82, 2.24) is 9.55 Å². The topological polar surface area (TPSA) is 43.8 Å². The van der Waals surface area contributed by atoms with Crippen LogP contribution >= 0.6 is 0 Å². The monoisotopic (exact) mass is 207 g/mol. The summed E-state index contributed by atoms with van der Waals surface area (Å²) in [5.74, 6) is -0.00127. The van der Waals surface area contributed by atoms with E-state index in [1.807, 2.05) is 13.8 Å². The highest BCUT2D eigenvalue weighted by Gasteiger charge is 2.35. The van der Waals surface area contributed by atoms with Gasteiger partial charge in [-0.3, -0.25) is 0 Å². The van der Waals surface area contributed by atoms with Crippen molar-refractivity contribution in [1.29, 1.82) is 0 Å². The quantitative estimate of drug-likeness (QED) is 0.807. The van der Waals surface area contributed by atoms with Gasteiger partial charge in [-0.05, 0) is 5.92 Å².